The fraction of sp³-hybridized carbons (Fsp3) is 0.176. The summed E-state index contributed by atoms with van der Waals surface area (Å²) in [5.41, 5.74) is 1.80. The van der Waals surface area contributed by atoms with Crippen LogP contribution in [0, 0.1) is 17.1 Å². The Hall–Kier alpha value is -2.71. The van der Waals surface area contributed by atoms with Crippen LogP contribution in [0.1, 0.15) is 18.1 Å². The quantitative estimate of drug-likeness (QED) is 0.892. The molecule has 0 spiro atoms. The first-order valence-electron chi connectivity index (χ1n) is 6.88. The van der Waals surface area contributed by atoms with Crippen molar-refractivity contribution in [2.24, 2.45) is 0 Å². The number of halogens is 1. The number of amides is 1. The number of anilines is 1. The average Bonchev–Trinajstić information content (AvgIpc) is 2.54. The monoisotopic (exact) mass is 297 g/mol. The number of para-hydroxylation sites is 1. The van der Waals surface area contributed by atoms with Crippen LogP contribution in [0.5, 0.6) is 0 Å². The van der Waals surface area contributed by atoms with Crippen LogP contribution in [0.25, 0.3) is 0 Å². The molecule has 2 rings (SSSR count). The van der Waals surface area contributed by atoms with E-state index in [-0.39, 0.29) is 11.7 Å². The molecule has 0 aliphatic heterocycles. The van der Waals surface area contributed by atoms with E-state index in [1.165, 1.54) is 12.1 Å². The fourth-order valence-corrected chi connectivity index (χ4v) is 1.90. The molecule has 0 bridgehead atoms. The lowest BCUT2D eigenvalue weighted by Crippen LogP contribution is -2.37. The largest absolute Gasteiger partial charge is 0.324 e. The molecule has 4 nitrogen and oxygen atoms in total. The first kappa shape index (κ1) is 15.7. The number of hydrogen-bond acceptors (Lipinski definition) is 3. The van der Waals surface area contributed by atoms with Crippen LogP contribution in [-0.2, 0) is 11.3 Å². The Balaban J connectivity index is 1.92. The summed E-state index contributed by atoms with van der Waals surface area (Å²) in [6, 6.07) is 14.5. The summed E-state index contributed by atoms with van der Waals surface area (Å²) in [6.07, 6.45) is 0. The zero-order chi connectivity index (χ0) is 15.9. The van der Waals surface area contributed by atoms with Gasteiger partial charge in [0, 0.05) is 6.54 Å². The maximum absolute atomic E-state index is 12.8. The summed E-state index contributed by atoms with van der Waals surface area (Å²) in [5.74, 6) is -0.521. The predicted octanol–water partition coefficient (Wildman–Crippen LogP) is 2.81. The van der Waals surface area contributed by atoms with Gasteiger partial charge in [-0.05, 0) is 36.8 Å². The maximum atomic E-state index is 12.8. The molecule has 0 radical (unpaired) electrons. The Morgan fingerprint density at radius 3 is 2.59 bits per heavy atom. The van der Waals surface area contributed by atoms with Crippen molar-refractivity contribution < 1.29 is 9.18 Å². The van der Waals surface area contributed by atoms with Crippen molar-refractivity contribution in [3.8, 4) is 6.07 Å². The first-order valence-corrected chi connectivity index (χ1v) is 6.88. The van der Waals surface area contributed by atoms with Crippen molar-refractivity contribution in [2.75, 3.05) is 5.32 Å². The predicted molar refractivity (Wildman–Crippen MR) is 82.5 cm³/mol. The molecule has 0 fully saturated rings. The number of carbonyl (C=O) groups is 1. The number of benzene rings is 2. The Bertz CT molecular complexity index is 692. The molecule has 22 heavy (non-hydrogen) atoms. The van der Waals surface area contributed by atoms with Crippen molar-refractivity contribution in [1.82, 2.24) is 5.32 Å². The molecule has 1 atom stereocenters. The van der Waals surface area contributed by atoms with Gasteiger partial charge >= 0.3 is 0 Å². The molecule has 2 aromatic carbocycles. The molecule has 0 saturated heterocycles. The lowest BCUT2D eigenvalue weighted by Gasteiger charge is -2.14. The minimum absolute atomic E-state index is 0.232. The van der Waals surface area contributed by atoms with Crippen molar-refractivity contribution in [1.29, 1.82) is 5.26 Å². The average molecular weight is 297 g/mol. The van der Waals surface area contributed by atoms with Crippen LogP contribution in [0.2, 0.25) is 0 Å². The molecule has 0 aromatic heterocycles. The number of nitrogens with zero attached hydrogens (tertiary/aromatic N) is 1. The Morgan fingerprint density at radius 1 is 1.23 bits per heavy atom. The van der Waals surface area contributed by atoms with Gasteiger partial charge < -0.3 is 10.6 Å². The van der Waals surface area contributed by atoms with Gasteiger partial charge in [-0.2, -0.15) is 5.26 Å². The van der Waals surface area contributed by atoms with E-state index in [9.17, 15) is 9.18 Å². The molecule has 1 amide bonds. The standard InChI is InChI=1S/C17H16FN3O/c1-12(20-11-13-6-8-15(18)9-7-13)17(22)21-16-5-3-2-4-14(16)10-19/h2-9,12,20H,11H2,1H3,(H,21,22)/t12-/m1/s1. The Labute approximate surface area is 128 Å². The van der Waals surface area contributed by atoms with Crippen LogP contribution < -0.4 is 10.6 Å². The van der Waals surface area contributed by atoms with Gasteiger partial charge in [0.15, 0.2) is 0 Å². The highest BCUT2D eigenvalue weighted by atomic mass is 19.1. The van der Waals surface area contributed by atoms with Crippen LogP contribution in [0.15, 0.2) is 48.5 Å². The molecule has 0 heterocycles. The van der Waals surface area contributed by atoms with Gasteiger partial charge in [0.2, 0.25) is 5.91 Å². The van der Waals surface area contributed by atoms with Crippen LogP contribution in [-0.4, -0.2) is 11.9 Å². The number of rotatable bonds is 5. The van der Waals surface area contributed by atoms with Crippen molar-refractivity contribution >= 4 is 11.6 Å². The minimum atomic E-state index is -0.447. The summed E-state index contributed by atoms with van der Waals surface area (Å²) in [5, 5.41) is 14.8. The molecule has 2 aromatic rings. The van der Waals surface area contributed by atoms with Gasteiger partial charge in [0.25, 0.3) is 0 Å². The summed E-state index contributed by atoms with van der Waals surface area (Å²) in [4.78, 5) is 12.1. The lowest BCUT2D eigenvalue weighted by molar-refractivity contribution is -0.117. The summed E-state index contributed by atoms with van der Waals surface area (Å²) < 4.78 is 12.8. The van der Waals surface area contributed by atoms with Crippen molar-refractivity contribution in [3.63, 3.8) is 0 Å². The topological polar surface area (TPSA) is 64.9 Å². The molecule has 112 valence electrons. The number of carbonyl (C=O) groups excluding carboxylic acids is 1. The molecular weight excluding hydrogens is 281 g/mol. The molecule has 5 heteroatoms. The number of hydrogen-bond donors (Lipinski definition) is 2. The van der Waals surface area contributed by atoms with E-state index in [2.05, 4.69) is 10.6 Å². The van der Waals surface area contributed by atoms with Crippen LogP contribution >= 0.6 is 0 Å². The second-order valence-electron chi connectivity index (χ2n) is 4.88. The van der Waals surface area contributed by atoms with Gasteiger partial charge in [-0.15, -0.1) is 0 Å². The van der Waals surface area contributed by atoms with Crippen LogP contribution in [0.4, 0.5) is 10.1 Å². The van der Waals surface area contributed by atoms with Gasteiger partial charge in [-0.3, -0.25) is 4.79 Å². The molecule has 0 aliphatic carbocycles. The lowest BCUT2D eigenvalue weighted by atomic mass is 10.1. The second kappa shape index (κ2) is 7.34. The van der Waals surface area contributed by atoms with Gasteiger partial charge in [-0.25, -0.2) is 4.39 Å². The van der Waals surface area contributed by atoms with E-state index in [1.807, 2.05) is 6.07 Å². The zero-order valence-corrected chi connectivity index (χ0v) is 12.1. The third kappa shape index (κ3) is 4.14. The first-order chi connectivity index (χ1) is 10.6. The number of nitriles is 1. The fourth-order valence-electron chi connectivity index (χ4n) is 1.90. The summed E-state index contributed by atoms with van der Waals surface area (Å²) >= 11 is 0. The van der Waals surface area contributed by atoms with Crippen molar-refractivity contribution in [2.45, 2.75) is 19.5 Å². The minimum Gasteiger partial charge on any atom is -0.324 e. The molecule has 0 unspecified atom stereocenters. The van der Waals surface area contributed by atoms with E-state index < -0.39 is 6.04 Å². The molecule has 0 aliphatic rings. The third-order valence-electron chi connectivity index (χ3n) is 3.22. The van der Waals surface area contributed by atoms with Gasteiger partial charge in [-0.1, -0.05) is 24.3 Å². The molecule has 2 N–H and O–H groups in total. The van der Waals surface area contributed by atoms with E-state index >= 15 is 0 Å². The molecule has 0 saturated carbocycles. The summed E-state index contributed by atoms with van der Waals surface area (Å²) in [6.45, 7) is 2.18. The second-order valence-corrected chi connectivity index (χ2v) is 4.88. The smallest absolute Gasteiger partial charge is 0.241 e. The van der Waals surface area contributed by atoms with E-state index in [0.717, 1.165) is 5.56 Å². The normalized spacial score (nSPS) is 11.5. The highest BCUT2D eigenvalue weighted by molar-refractivity contribution is 5.95. The Kier molecular flexibility index (Phi) is 5.23. The van der Waals surface area contributed by atoms with E-state index in [0.29, 0.717) is 17.8 Å². The maximum Gasteiger partial charge on any atom is 0.241 e. The highest BCUT2D eigenvalue weighted by Gasteiger charge is 2.13. The highest BCUT2D eigenvalue weighted by Crippen LogP contribution is 2.13. The van der Waals surface area contributed by atoms with Crippen LogP contribution in [0.3, 0.4) is 0 Å². The summed E-state index contributed by atoms with van der Waals surface area (Å²) in [7, 11) is 0. The van der Waals surface area contributed by atoms with E-state index in [4.69, 9.17) is 5.26 Å². The van der Waals surface area contributed by atoms with E-state index in [1.54, 1.807) is 43.3 Å². The number of nitrogens with one attached hydrogen (secondary N) is 2. The zero-order valence-electron chi connectivity index (χ0n) is 12.1. The third-order valence-corrected chi connectivity index (χ3v) is 3.22. The SMILES string of the molecule is C[C@@H](NCc1ccc(F)cc1)C(=O)Nc1ccccc1C#N. The van der Waals surface area contributed by atoms with Gasteiger partial charge in [0.05, 0.1) is 17.3 Å². The Morgan fingerprint density at radius 2 is 1.91 bits per heavy atom. The molecular formula is C17H16FN3O. The van der Waals surface area contributed by atoms with Gasteiger partial charge in [0.1, 0.15) is 11.9 Å². The van der Waals surface area contributed by atoms with Crippen molar-refractivity contribution in [3.05, 3.63) is 65.5 Å².